The van der Waals surface area contributed by atoms with Gasteiger partial charge in [0.05, 0.1) is 6.33 Å². The minimum absolute atomic E-state index is 0.0701. The van der Waals surface area contributed by atoms with Crippen molar-refractivity contribution in [3.63, 3.8) is 0 Å². The average Bonchev–Trinajstić information content (AvgIpc) is 2.74. The van der Waals surface area contributed by atoms with E-state index in [9.17, 15) is 4.79 Å². The molecule has 76 valence electrons. The van der Waals surface area contributed by atoms with E-state index in [0.29, 0.717) is 11.3 Å². The Hall–Kier alpha value is -1.97. The van der Waals surface area contributed by atoms with Gasteiger partial charge < -0.3 is 4.98 Å². The number of carbonyl (C=O) groups excluding carboxylic acids is 1. The predicted molar refractivity (Wildman–Crippen MR) is 55.7 cm³/mol. The van der Waals surface area contributed by atoms with E-state index in [1.807, 2.05) is 13.8 Å². The largest absolute Gasteiger partial charge is 0.350 e. The highest BCUT2D eigenvalue weighted by Gasteiger charge is 2.14. The van der Waals surface area contributed by atoms with Crippen LogP contribution in [0.3, 0.4) is 0 Å². The van der Waals surface area contributed by atoms with Gasteiger partial charge in [-0.15, -0.1) is 0 Å². The van der Waals surface area contributed by atoms with Gasteiger partial charge in [-0.3, -0.25) is 9.78 Å². The highest BCUT2D eigenvalue weighted by atomic mass is 16.1. The van der Waals surface area contributed by atoms with E-state index in [4.69, 9.17) is 0 Å². The molecule has 0 saturated carbocycles. The highest BCUT2D eigenvalue weighted by Crippen LogP contribution is 2.13. The number of aromatic nitrogens is 3. The maximum atomic E-state index is 12.0. The van der Waals surface area contributed by atoms with Gasteiger partial charge in [0.1, 0.15) is 5.69 Å². The zero-order chi connectivity index (χ0) is 10.8. The summed E-state index contributed by atoms with van der Waals surface area (Å²) in [5, 5.41) is 0. The van der Waals surface area contributed by atoms with Crippen LogP contribution in [-0.4, -0.2) is 20.7 Å². The van der Waals surface area contributed by atoms with Crippen molar-refractivity contribution in [2.24, 2.45) is 0 Å². The van der Waals surface area contributed by atoms with Crippen molar-refractivity contribution in [3.05, 3.63) is 47.3 Å². The van der Waals surface area contributed by atoms with Crippen LogP contribution in [0.5, 0.6) is 0 Å². The molecule has 4 heteroatoms. The van der Waals surface area contributed by atoms with Crippen LogP contribution in [0.25, 0.3) is 0 Å². The molecule has 2 heterocycles. The summed E-state index contributed by atoms with van der Waals surface area (Å²) in [5.74, 6) is -0.0701. The summed E-state index contributed by atoms with van der Waals surface area (Å²) in [7, 11) is 0. The van der Waals surface area contributed by atoms with Crippen molar-refractivity contribution in [1.29, 1.82) is 0 Å². The second kappa shape index (κ2) is 3.65. The number of hydrogen-bond donors (Lipinski definition) is 1. The van der Waals surface area contributed by atoms with E-state index in [1.54, 1.807) is 18.5 Å². The number of H-pyrrole nitrogens is 1. The van der Waals surface area contributed by atoms with Crippen LogP contribution in [-0.2, 0) is 0 Å². The van der Waals surface area contributed by atoms with Gasteiger partial charge in [-0.05, 0) is 25.5 Å². The van der Waals surface area contributed by atoms with Crippen molar-refractivity contribution in [2.45, 2.75) is 13.8 Å². The first-order chi connectivity index (χ1) is 7.20. The molecule has 0 aliphatic carbocycles. The van der Waals surface area contributed by atoms with Gasteiger partial charge >= 0.3 is 0 Å². The summed E-state index contributed by atoms with van der Waals surface area (Å²) in [6.07, 6.45) is 4.73. The molecule has 2 aromatic rings. The van der Waals surface area contributed by atoms with Gasteiger partial charge in [-0.25, -0.2) is 4.98 Å². The van der Waals surface area contributed by atoms with Crippen LogP contribution in [0.1, 0.15) is 27.3 Å². The molecule has 15 heavy (non-hydrogen) atoms. The average molecular weight is 201 g/mol. The zero-order valence-electron chi connectivity index (χ0n) is 8.61. The number of imidazole rings is 1. The molecule has 4 nitrogen and oxygen atoms in total. The first-order valence-electron chi connectivity index (χ1n) is 4.66. The smallest absolute Gasteiger partial charge is 0.213 e. The normalized spacial score (nSPS) is 10.3. The molecule has 0 atom stereocenters. The molecule has 0 aromatic carbocycles. The molecule has 0 bridgehead atoms. The summed E-state index contributed by atoms with van der Waals surface area (Å²) in [5.41, 5.74) is 2.88. The monoisotopic (exact) mass is 201 g/mol. The van der Waals surface area contributed by atoms with E-state index in [2.05, 4.69) is 15.0 Å². The van der Waals surface area contributed by atoms with Crippen molar-refractivity contribution < 1.29 is 4.79 Å². The number of nitrogens with one attached hydrogen (secondary N) is 1. The Morgan fingerprint density at radius 3 is 2.80 bits per heavy atom. The fourth-order valence-corrected chi connectivity index (χ4v) is 1.41. The summed E-state index contributed by atoms with van der Waals surface area (Å²) in [6.45, 7) is 3.78. The molecule has 1 N–H and O–H groups in total. The molecule has 0 aliphatic heterocycles. The molecule has 0 fully saturated rings. The minimum Gasteiger partial charge on any atom is -0.350 e. The lowest BCUT2D eigenvalue weighted by molar-refractivity contribution is 0.103. The molecule has 0 amide bonds. The lowest BCUT2D eigenvalue weighted by Crippen LogP contribution is -2.05. The Morgan fingerprint density at radius 1 is 1.33 bits per heavy atom. The van der Waals surface area contributed by atoms with Crippen LogP contribution < -0.4 is 0 Å². The number of carbonyl (C=O) groups is 1. The summed E-state index contributed by atoms with van der Waals surface area (Å²) < 4.78 is 0. The van der Waals surface area contributed by atoms with Crippen LogP contribution >= 0.6 is 0 Å². The van der Waals surface area contributed by atoms with Crippen molar-refractivity contribution >= 4 is 5.78 Å². The van der Waals surface area contributed by atoms with E-state index >= 15 is 0 Å². The fraction of sp³-hybridized carbons (Fsp3) is 0.182. The number of rotatable bonds is 2. The third kappa shape index (κ3) is 1.66. The standard InChI is InChI=1S/C11H11N3O/c1-7-8(2)13-4-3-9(7)11(15)10-5-12-6-14-10/h3-6H,1-2H3,(H,12,14). The summed E-state index contributed by atoms with van der Waals surface area (Å²) in [4.78, 5) is 22.8. The van der Waals surface area contributed by atoms with E-state index in [0.717, 1.165) is 11.3 Å². The SMILES string of the molecule is Cc1nccc(C(=O)c2c[nH]cn2)c1C. The van der Waals surface area contributed by atoms with Crippen LogP contribution in [0.15, 0.2) is 24.8 Å². The Morgan fingerprint density at radius 2 is 2.13 bits per heavy atom. The predicted octanol–water partition coefficient (Wildman–Crippen LogP) is 1.65. The molecular weight excluding hydrogens is 190 g/mol. The minimum atomic E-state index is -0.0701. The Labute approximate surface area is 87.4 Å². The van der Waals surface area contributed by atoms with Crippen molar-refractivity contribution in [3.8, 4) is 0 Å². The Balaban J connectivity index is 2.47. The quantitative estimate of drug-likeness (QED) is 0.751. The second-order valence-electron chi connectivity index (χ2n) is 3.35. The number of ketones is 1. The third-order valence-corrected chi connectivity index (χ3v) is 2.43. The van der Waals surface area contributed by atoms with Crippen LogP contribution in [0, 0.1) is 13.8 Å². The maximum absolute atomic E-state index is 12.0. The fourth-order valence-electron chi connectivity index (χ4n) is 1.41. The molecule has 0 aliphatic rings. The zero-order valence-corrected chi connectivity index (χ0v) is 8.61. The van der Waals surface area contributed by atoms with E-state index < -0.39 is 0 Å². The number of pyridine rings is 1. The lowest BCUT2D eigenvalue weighted by atomic mass is 10.0. The topological polar surface area (TPSA) is 58.6 Å². The third-order valence-electron chi connectivity index (χ3n) is 2.43. The Bertz CT molecular complexity index is 489. The molecule has 0 radical (unpaired) electrons. The summed E-state index contributed by atoms with van der Waals surface area (Å²) in [6, 6.07) is 1.72. The van der Waals surface area contributed by atoms with E-state index in [1.165, 1.54) is 6.33 Å². The van der Waals surface area contributed by atoms with Gasteiger partial charge in [-0.1, -0.05) is 0 Å². The number of aryl methyl sites for hydroxylation is 1. The first kappa shape index (κ1) is 9.58. The second-order valence-corrected chi connectivity index (χ2v) is 3.35. The molecule has 2 rings (SSSR count). The number of aromatic amines is 1. The van der Waals surface area contributed by atoms with Gasteiger partial charge in [0.15, 0.2) is 0 Å². The number of nitrogens with zero attached hydrogens (tertiary/aromatic N) is 2. The molecular formula is C11H11N3O. The Kier molecular flexibility index (Phi) is 2.33. The molecule has 2 aromatic heterocycles. The van der Waals surface area contributed by atoms with Gasteiger partial charge in [-0.2, -0.15) is 0 Å². The van der Waals surface area contributed by atoms with E-state index in [-0.39, 0.29) is 5.78 Å². The maximum Gasteiger partial charge on any atom is 0.213 e. The van der Waals surface area contributed by atoms with Crippen molar-refractivity contribution in [1.82, 2.24) is 15.0 Å². The van der Waals surface area contributed by atoms with Crippen LogP contribution in [0.4, 0.5) is 0 Å². The summed E-state index contributed by atoms with van der Waals surface area (Å²) >= 11 is 0. The number of hydrogen-bond acceptors (Lipinski definition) is 3. The van der Waals surface area contributed by atoms with Crippen LogP contribution in [0.2, 0.25) is 0 Å². The molecule has 0 saturated heterocycles. The lowest BCUT2D eigenvalue weighted by Gasteiger charge is -2.04. The molecule has 0 spiro atoms. The van der Waals surface area contributed by atoms with Gasteiger partial charge in [0, 0.05) is 23.7 Å². The highest BCUT2D eigenvalue weighted by molar-refractivity contribution is 6.08. The molecule has 0 unspecified atom stereocenters. The first-order valence-corrected chi connectivity index (χ1v) is 4.66. The van der Waals surface area contributed by atoms with Gasteiger partial charge in [0.25, 0.3) is 0 Å². The van der Waals surface area contributed by atoms with Gasteiger partial charge in [0.2, 0.25) is 5.78 Å². The van der Waals surface area contributed by atoms with Crippen molar-refractivity contribution in [2.75, 3.05) is 0 Å².